The second-order valence-corrected chi connectivity index (χ2v) is 3.95. The number of nitrogens with one attached hydrogen (secondary N) is 1. The molecule has 0 heterocycles. The van der Waals surface area contributed by atoms with Crippen molar-refractivity contribution in [3.8, 4) is 0 Å². The normalized spacial score (nSPS) is 11.2. The van der Waals surface area contributed by atoms with E-state index in [0.29, 0.717) is 0 Å². The van der Waals surface area contributed by atoms with Gasteiger partial charge in [0.25, 0.3) is 0 Å². The number of primary amides is 1. The molecule has 7 nitrogen and oxygen atoms in total. The molecule has 7 heteroatoms. The van der Waals surface area contributed by atoms with Crippen LogP contribution in [0.4, 0.5) is 4.79 Å². The first-order valence-electron chi connectivity index (χ1n) is 4.72. The number of carbonyl (C=O) groups is 3. The first kappa shape index (κ1) is 14.4. The molecule has 3 amide bonds. The summed E-state index contributed by atoms with van der Waals surface area (Å²) in [5.74, 6) is -1.51. The molecule has 0 aromatic heterocycles. The Morgan fingerprint density at radius 2 is 1.88 bits per heavy atom. The van der Waals surface area contributed by atoms with Crippen LogP contribution in [0.3, 0.4) is 0 Å². The molecule has 16 heavy (non-hydrogen) atoms. The zero-order chi connectivity index (χ0) is 12.9. The van der Waals surface area contributed by atoms with E-state index in [9.17, 15) is 14.4 Å². The van der Waals surface area contributed by atoms with E-state index in [1.165, 1.54) is 18.7 Å². The predicted molar refractivity (Wildman–Crippen MR) is 56.7 cm³/mol. The van der Waals surface area contributed by atoms with E-state index in [0.717, 1.165) is 0 Å². The zero-order valence-electron chi connectivity index (χ0n) is 9.61. The van der Waals surface area contributed by atoms with Crippen molar-refractivity contribution >= 4 is 17.9 Å². The number of hydrogen-bond acceptors (Lipinski definition) is 4. The second kappa shape index (κ2) is 5.45. The first-order chi connectivity index (χ1) is 7.17. The third-order valence-corrected chi connectivity index (χ3v) is 2.41. The summed E-state index contributed by atoms with van der Waals surface area (Å²) >= 11 is 0. The Hall–Kier alpha value is -1.63. The fraction of sp³-hybridized carbons (Fsp3) is 0.667. The number of amides is 3. The van der Waals surface area contributed by atoms with Crippen LogP contribution in [0, 0.1) is 0 Å². The van der Waals surface area contributed by atoms with Crippen molar-refractivity contribution < 1.29 is 19.5 Å². The maximum atomic E-state index is 11.1. The van der Waals surface area contributed by atoms with Gasteiger partial charge in [0.05, 0.1) is 0 Å². The fourth-order valence-electron chi connectivity index (χ4n) is 0.912. The highest BCUT2D eigenvalue weighted by Crippen LogP contribution is 2.12. The molecule has 4 N–H and O–H groups in total. The molecule has 0 rings (SSSR count). The number of aliphatic carboxylic acids is 1. The maximum absolute atomic E-state index is 11.1. The third-order valence-electron chi connectivity index (χ3n) is 2.41. The van der Waals surface area contributed by atoms with Crippen LogP contribution in [0.5, 0.6) is 0 Å². The summed E-state index contributed by atoms with van der Waals surface area (Å²) in [5.41, 5.74) is 3.69. The van der Waals surface area contributed by atoms with Crippen LogP contribution in [0.15, 0.2) is 0 Å². The number of likely N-dealkylation sites (N-methyl/N-ethyl adjacent to an activating group) is 1. The molecule has 0 fully saturated rings. The molecule has 0 atom stereocenters. The quantitative estimate of drug-likeness (QED) is 0.583. The van der Waals surface area contributed by atoms with Gasteiger partial charge in [0.1, 0.15) is 5.54 Å². The molecule has 92 valence electrons. The van der Waals surface area contributed by atoms with Gasteiger partial charge in [0.2, 0.25) is 5.91 Å². The Balaban J connectivity index is 4.17. The number of nitrogens with two attached hydrogens (primary N) is 1. The summed E-state index contributed by atoms with van der Waals surface area (Å²) in [4.78, 5) is 33.8. The third kappa shape index (κ3) is 4.26. The van der Waals surface area contributed by atoms with E-state index in [1.807, 2.05) is 5.32 Å². The topological polar surface area (TPSA) is 113 Å². The molecule has 0 spiro atoms. The SMILES string of the molecule is CN(CCC(=O)NC(N)=O)C(C)(C)C(=O)O. The van der Waals surface area contributed by atoms with Crippen LogP contribution in [0.1, 0.15) is 20.3 Å². The molecule has 0 aromatic rings. The van der Waals surface area contributed by atoms with Crippen LogP contribution in [-0.2, 0) is 9.59 Å². The largest absolute Gasteiger partial charge is 0.480 e. The van der Waals surface area contributed by atoms with Crippen molar-refractivity contribution in [2.24, 2.45) is 5.73 Å². The Morgan fingerprint density at radius 3 is 2.25 bits per heavy atom. The highest BCUT2D eigenvalue weighted by atomic mass is 16.4. The number of carboxylic acid groups (broad SMARTS) is 1. The van der Waals surface area contributed by atoms with Crippen LogP contribution in [0.25, 0.3) is 0 Å². The van der Waals surface area contributed by atoms with E-state index in [1.54, 1.807) is 7.05 Å². The number of nitrogens with zero attached hydrogens (tertiary/aromatic N) is 1. The lowest BCUT2D eigenvalue weighted by Crippen LogP contribution is -2.49. The molecule has 0 bridgehead atoms. The monoisotopic (exact) mass is 231 g/mol. The molecule has 0 radical (unpaired) electrons. The summed E-state index contributed by atoms with van der Waals surface area (Å²) in [6, 6.07) is -0.912. The van der Waals surface area contributed by atoms with Crippen molar-refractivity contribution in [1.82, 2.24) is 10.2 Å². The van der Waals surface area contributed by atoms with Crippen LogP contribution >= 0.6 is 0 Å². The van der Waals surface area contributed by atoms with Gasteiger partial charge >= 0.3 is 12.0 Å². The Labute approximate surface area is 93.6 Å². The minimum absolute atomic E-state index is 0.0101. The summed E-state index contributed by atoms with van der Waals surface area (Å²) in [6.07, 6.45) is 0.0101. The number of imide groups is 1. The van der Waals surface area contributed by atoms with Gasteiger partial charge in [-0.05, 0) is 20.9 Å². The van der Waals surface area contributed by atoms with Crippen molar-refractivity contribution in [3.05, 3.63) is 0 Å². The zero-order valence-corrected chi connectivity index (χ0v) is 9.61. The lowest BCUT2D eigenvalue weighted by molar-refractivity contribution is -0.148. The van der Waals surface area contributed by atoms with E-state index in [-0.39, 0.29) is 13.0 Å². The molecule has 0 aliphatic heterocycles. The summed E-state index contributed by atoms with van der Waals surface area (Å²) in [7, 11) is 1.59. The van der Waals surface area contributed by atoms with Gasteiger partial charge < -0.3 is 10.8 Å². The van der Waals surface area contributed by atoms with Crippen LogP contribution < -0.4 is 11.1 Å². The van der Waals surface area contributed by atoms with Gasteiger partial charge in [-0.3, -0.25) is 19.8 Å². The Morgan fingerprint density at radius 1 is 1.38 bits per heavy atom. The number of carboxylic acids is 1. The van der Waals surface area contributed by atoms with Gasteiger partial charge in [-0.1, -0.05) is 0 Å². The lowest BCUT2D eigenvalue weighted by Gasteiger charge is -2.31. The molecule has 0 saturated carbocycles. The first-order valence-corrected chi connectivity index (χ1v) is 4.72. The standard InChI is InChI=1S/C9H17N3O4/c1-9(2,7(14)15)12(3)5-4-6(13)11-8(10)16/h4-5H2,1-3H3,(H,14,15)(H3,10,11,13,16). The molecule has 0 aliphatic carbocycles. The van der Waals surface area contributed by atoms with Gasteiger partial charge in [0, 0.05) is 13.0 Å². The molecular formula is C9H17N3O4. The van der Waals surface area contributed by atoms with E-state index in [4.69, 9.17) is 10.8 Å². The molecule has 0 aliphatic rings. The molecule has 0 unspecified atom stereocenters. The molecule has 0 aromatic carbocycles. The van der Waals surface area contributed by atoms with Crippen LogP contribution in [0.2, 0.25) is 0 Å². The van der Waals surface area contributed by atoms with Crippen LogP contribution in [-0.4, -0.2) is 47.0 Å². The smallest absolute Gasteiger partial charge is 0.323 e. The predicted octanol–water partition coefficient (Wildman–Crippen LogP) is -0.634. The number of hydrogen-bond donors (Lipinski definition) is 3. The average Bonchev–Trinajstić information content (AvgIpc) is 2.12. The Kier molecular flexibility index (Phi) is 4.90. The summed E-state index contributed by atoms with van der Waals surface area (Å²) < 4.78 is 0. The van der Waals surface area contributed by atoms with Gasteiger partial charge in [-0.2, -0.15) is 0 Å². The fourth-order valence-corrected chi connectivity index (χ4v) is 0.912. The average molecular weight is 231 g/mol. The van der Waals surface area contributed by atoms with E-state index in [2.05, 4.69) is 0 Å². The van der Waals surface area contributed by atoms with Gasteiger partial charge in [0.15, 0.2) is 0 Å². The Bertz CT molecular complexity index is 301. The number of urea groups is 1. The van der Waals surface area contributed by atoms with Crippen molar-refractivity contribution in [1.29, 1.82) is 0 Å². The second-order valence-electron chi connectivity index (χ2n) is 3.95. The number of rotatable bonds is 5. The van der Waals surface area contributed by atoms with Gasteiger partial charge in [-0.15, -0.1) is 0 Å². The maximum Gasteiger partial charge on any atom is 0.323 e. The van der Waals surface area contributed by atoms with E-state index >= 15 is 0 Å². The van der Waals surface area contributed by atoms with E-state index < -0.39 is 23.4 Å². The van der Waals surface area contributed by atoms with Crippen molar-refractivity contribution in [3.63, 3.8) is 0 Å². The molecule has 0 saturated heterocycles. The number of carbonyl (C=O) groups excluding carboxylic acids is 2. The summed E-state index contributed by atoms with van der Waals surface area (Å²) in [5, 5.41) is 10.8. The molecular weight excluding hydrogens is 214 g/mol. The van der Waals surface area contributed by atoms with Crippen molar-refractivity contribution in [2.75, 3.05) is 13.6 Å². The van der Waals surface area contributed by atoms with Crippen molar-refractivity contribution in [2.45, 2.75) is 25.8 Å². The minimum Gasteiger partial charge on any atom is -0.480 e. The highest BCUT2D eigenvalue weighted by molar-refractivity contribution is 5.93. The van der Waals surface area contributed by atoms with Gasteiger partial charge in [-0.25, -0.2) is 4.79 Å². The lowest BCUT2D eigenvalue weighted by atomic mass is 10.0. The highest BCUT2D eigenvalue weighted by Gasteiger charge is 2.31. The summed E-state index contributed by atoms with van der Waals surface area (Å²) in [6.45, 7) is 3.28. The minimum atomic E-state index is -1.06.